The van der Waals surface area contributed by atoms with E-state index in [2.05, 4.69) is 5.32 Å². The van der Waals surface area contributed by atoms with Gasteiger partial charge >= 0.3 is 12.1 Å². The molecule has 2 rings (SSSR count). The number of ether oxygens (including phenoxy) is 1. The Morgan fingerprint density at radius 1 is 1.61 bits per heavy atom. The van der Waals surface area contributed by atoms with Crippen molar-refractivity contribution in [1.29, 1.82) is 0 Å². The maximum Gasteiger partial charge on any atom is 0.405 e. The van der Waals surface area contributed by atoms with Crippen LogP contribution < -0.4 is 11.1 Å². The number of nitrogens with two attached hydrogens (primary N) is 1. The van der Waals surface area contributed by atoms with E-state index >= 15 is 0 Å². The third-order valence-electron chi connectivity index (χ3n) is 3.12. The quantitative estimate of drug-likeness (QED) is 0.693. The first-order chi connectivity index (χ1) is 8.54. The zero-order valence-electron chi connectivity index (χ0n) is 9.90. The van der Waals surface area contributed by atoms with Crippen molar-refractivity contribution < 1.29 is 19.4 Å². The minimum absolute atomic E-state index is 0.154. The van der Waals surface area contributed by atoms with Crippen molar-refractivity contribution in [3.8, 4) is 0 Å². The Bertz CT molecular complexity index is 513. The second-order valence-corrected chi connectivity index (χ2v) is 4.12. The zero-order valence-corrected chi connectivity index (χ0v) is 9.90. The number of hydrogen-bond acceptors (Lipinski definition) is 4. The lowest BCUT2D eigenvalue weighted by molar-refractivity contribution is 0.0535. The SMILES string of the molecule is Cc1c([C@H](CN)NC(=O)O)ccc2c1COC2=O. The number of carbonyl (C=O) groups excluding carboxylic acids is 1. The van der Waals surface area contributed by atoms with Crippen molar-refractivity contribution in [2.75, 3.05) is 6.54 Å². The number of rotatable bonds is 3. The highest BCUT2D eigenvalue weighted by molar-refractivity contribution is 5.94. The predicted molar refractivity (Wildman–Crippen MR) is 63.3 cm³/mol. The van der Waals surface area contributed by atoms with Gasteiger partial charge in [-0.2, -0.15) is 0 Å². The largest absolute Gasteiger partial charge is 0.465 e. The minimum atomic E-state index is -1.13. The van der Waals surface area contributed by atoms with Crippen molar-refractivity contribution in [2.45, 2.75) is 19.6 Å². The molecule has 1 aliphatic rings. The van der Waals surface area contributed by atoms with E-state index < -0.39 is 12.1 Å². The van der Waals surface area contributed by atoms with Gasteiger partial charge < -0.3 is 20.9 Å². The Kier molecular flexibility index (Phi) is 3.20. The third-order valence-corrected chi connectivity index (χ3v) is 3.12. The number of fused-ring (bicyclic) bond motifs is 1. The summed E-state index contributed by atoms with van der Waals surface area (Å²) in [6.07, 6.45) is -1.13. The van der Waals surface area contributed by atoms with E-state index in [4.69, 9.17) is 15.6 Å². The molecule has 6 heteroatoms. The van der Waals surface area contributed by atoms with Crippen LogP contribution in [0, 0.1) is 6.92 Å². The summed E-state index contributed by atoms with van der Waals surface area (Å²) in [5.41, 5.74) is 8.55. The Labute approximate surface area is 104 Å². The van der Waals surface area contributed by atoms with Crippen LogP contribution in [0.4, 0.5) is 4.79 Å². The number of esters is 1. The van der Waals surface area contributed by atoms with Crippen LogP contribution >= 0.6 is 0 Å². The molecule has 0 aromatic heterocycles. The van der Waals surface area contributed by atoms with Crippen LogP contribution in [0.25, 0.3) is 0 Å². The molecule has 1 aromatic carbocycles. The fraction of sp³-hybridized carbons (Fsp3) is 0.333. The van der Waals surface area contributed by atoms with E-state index in [1.807, 2.05) is 6.92 Å². The van der Waals surface area contributed by atoms with E-state index in [0.717, 1.165) is 16.7 Å². The van der Waals surface area contributed by atoms with Crippen LogP contribution in [-0.2, 0) is 11.3 Å². The van der Waals surface area contributed by atoms with Crippen LogP contribution in [0.1, 0.15) is 33.1 Å². The van der Waals surface area contributed by atoms with E-state index in [-0.39, 0.29) is 19.1 Å². The van der Waals surface area contributed by atoms with Crippen molar-refractivity contribution in [1.82, 2.24) is 5.32 Å². The van der Waals surface area contributed by atoms with Crippen LogP contribution in [0.15, 0.2) is 12.1 Å². The van der Waals surface area contributed by atoms with Gasteiger partial charge in [0.1, 0.15) is 6.61 Å². The molecular weight excluding hydrogens is 236 g/mol. The first kappa shape index (κ1) is 12.4. The lowest BCUT2D eigenvalue weighted by Crippen LogP contribution is -2.32. The fourth-order valence-corrected chi connectivity index (χ4v) is 2.16. The maximum absolute atomic E-state index is 11.4. The average molecular weight is 250 g/mol. The number of benzene rings is 1. The summed E-state index contributed by atoms with van der Waals surface area (Å²) in [5.74, 6) is -0.338. The molecule has 0 aliphatic carbocycles. The predicted octanol–water partition coefficient (Wildman–Crippen LogP) is 0.933. The molecule has 1 atom stereocenters. The molecule has 1 amide bonds. The molecule has 96 valence electrons. The van der Waals surface area contributed by atoms with E-state index in [1.165, 1.54) is 0 Å². The molecule has 1 aromatic rings. The lowest BCUT2D eigenvalue weighted by atomic mass is 9.94. The zero-order chi connectivity index (χ0) is 13.3. The van der Waals surface area contributed by atoms with Gasteiger partial charge in [-0.3, -0.25) is 0 Å². The number of nitrogens with one attached hydrogen (secondary N) is 1. The molecular formula is C12H14N2O4. The second kappa shape index (κ2) is 4.66. The van der Waals surface area contributed by atoms with Crippen LogP contribution in [-0.4, -0.2) is 23.7 Å². The molecule has 0 radical (unpaired) electrons. The lowest BCUT2D eigenvalue weighted by Gasteiger charge is -2.18. The topological polar surface area (TPSA) is 102 Å². The molecule has 1 heterocycles. The summed E-state index contributed by atoms with van der Waals surface area (Å²) < 4.78 is 4.95. The third kappa shape index (κ3) is 2.02. The van der Waals surface area contributed by atoms with Crippen molar-refractivity contribution in [3.05, 3.63) is 34.4 Å². The Hall–Kier alpha value is -2.08. The van der Waals surface area contributed by atoms with Gasteiger partial charge in [0.05, 0.1) is 11.6 Å². The van der Waals surface area contributed by atoms with Gasteiger partial charge in [0.15, 0.2) is 0 Å². The standard InChI is InChI=1S/C12H14N2O4/c1-6-7(10(4-13)14-12(16)17)2-3-8-9(6)5-18-11(8)15/h2-3,10,14H,4-5,13H2,1H3,(H,16,17)/t10-/m0/s1. The summed E-state index contributed by atoms with van der Waals surface area (Å²) >= 11 is 0. The summed E-state index contributed by atoms with van der Waals surface area (Å²) in [6, 6.07) is 2.89. The summed E-state index contributed by atoms with van der Waals surface area (Å²) in [5, 5.41) is 11.1. The highest BCUT2D eigenvalue weighted by atomic mass is 16.5. The summed E-state index contributed by atoms with van der Waals surface area (Å²) in [4.78, 5) is 22.1. The van der Waals surface area contributed by atoms with Gasteiger partial charge in [0.25, 0.3) is 0 Å². The van der Waals surface area contributed by atoms with E-state index in [1.54, 1.807) is 12.1 Å². The number of cyclic esters (lactones) is 1. The molecule has 6 nitrogen and oxygen atoms in total. The van der Waals surface area contributed by atoms with Gasteiger partial charge in [0, 0.05) is 12.1 Å². The summed E-state index contributed by atoms with van der Waals surface area (Å²) in [7, 11) is 0. The van der Waals surface area contributed by atoms with Crippen molar-refractivity contribution in [3.63, 3.8) is 0 Å². The fourth-order valence-electron chi connectivity index (χ4n) is 2.16. The summed E-state index contributed by atoms with van der Waals surface area (Å²) in [6.45, 7) is 2.22. The molecule has 0 saturated heterocycles. The van der Waals surface area contributed by atoms with E-state index in [0.29, 0.717) is 5.56 Å². The molecule has 0 spiro atoms. The number of carbonyl (C=O) groups is 2. The number of carboxylic acid groups (broad SMARTS) is 1. The normalized spacial score (nSPS) is 14.9. The van der Waals surface area contributed by atoms with Crippen molar-refractivity contribution >= 4 is 12.1 Å². The second-order valence-electron chi connectivity index (χ2n) is 4.12. The van der Waals surface area contributed by atoms with Gasteiger partial charge in [-0.05, 0) is 24.1 Å². The smallest absolute Gasteiger partial charge is 0.405 e. The first-order valence-corrected chi connectivity index (χ1v) is 5.53. The molecule has 1 aliphatic heterocycles. The van der Waals surface area contributed by atoms with Crippen LogP contribution in [0.3, 0.4) is 0 Å². The molecule has 0 unspecified atom stereocenters. The molecule has 0 saturated carbocycles. The van der Waals surface area contributed by atoms with Gasteiger partial charge in [0.2, 0.25) is 0 Å². The Balaban J connectivity index is 2.40. The van der Waals surface area contributed by atoms with Crippen LogP contribution in [0.5, 0.6) is 0 Å². The highest BCUT2D eigenvalue weighted by Crippen LogP contribution is 2.28. The minimum Gasteiger partial charge on any atom is -0.465 e. The Morgan fingerprint density at radius 2 is 2.33 bits per heavy atom. The Morgan fingerprint density at radius 3 is 2.94 bits per heavy atom. The number of hydrogen-bond donors (Lipinski definition) is 3. The van der Waals surface area contributed by atoms with Gasteiger partial charge in [-0.1, -0.05) is 6.07 Å². The average Bonchev–Trinajstić information content (AvgIpc) is 2.70. The molecule has 4 N–H and O–H groups in total. The monoisotopic (exact) mass is 250 g/mol. The number of amides is 1. The highest BCUT2D eigenvalue weighted by Gasteiger charge is 2.26. The van der Waals surface area contributed by atoms with Crippen molar-refractivity contribution in [2.24, 2.45) is 5.73 Å². The molecule has 0 bridgehead atoms. The molecule has 0 fully saturated rings. The van der Waals surface area contributed by atoms with E-state index in [9.17, 15) is 9.59 Å². The maximum atomic E-state index is 11.4. The molecule has 18 heavy (non-hydrogen) atoms. The van der Waals surface area contributed by atoms with Gasteiger partial charge in [-0.25, -0.2) is 9.59 Å². The van der Waals surface area contributed by atoms with Crippen LogP contribution in [0.2, 0.25) is 0 Å². The van der Waals surface area contributed by atoms with Gasteiger partial charge in [-0.15, -0.1) is 0 Å². The first-order valence-electron chi connectivity index (χ1n) is 5.53.